The highest BCUT2D eigenvalue weighted by atomic mass is 79.9. The zero-order valence-electron chi connectivity index (χ0n) is 14.0. The number of carbonyl (C=O) groups is 1. The fourth-order valence-electron chi connectivity index (χ4n) is 3.69. The summed E-state index contributed by atoms with van der Waals surface area (Å²) in [6.07, 6.45) is -4.45. The van der Waals surface area contributed by atoms with E-state index in [-0.39, 0.29) is 18.2 Å². The van der Waals surface area contributed by atoms with Crippen molar-refractivity contribution < 1.29 is 23.1 Å². The van der Waals surface area contributed by atoms with Gasteiger partial charge in [-0.2, -0.15) is 13.2 Å². The number of alkyl halides is 3. The molecule has 0 saturated carbocycles. The lowest BCUT2D eigenvalue weighted by molar-refractivity contribution is -0.191. The molecule has 24 heavy (non-hydrogen) atoms. The van der Waals surface area contributed by atoms with Crippen LogP contribution in [0.5, 0.6) is 5.75 Å². The molecule has 2 rings (SSSR count). The van der Waals surface area contributed by atoms with Gasteiger partial charge < -0.3 is 10.0 Å². The third-order valence-electron chi connectivity index (χ3n) is 5.50. The number of amides is 1. The Kier molecular flexibility index (Phi) is 4.97. The summed E-state index contributed by atoms with van der Waals surface area (Å²) in [5.74, 6) is -1.87. The fraction of sp³-hybridized carbons (Fsp3) is 0.588. The van der Waals surface area contributed by atoms with Crippen LogP contribution in [0.4, 0.5) is 13.2 Å². The van der Waals surface area contributed by atoms with Crippen molar-refractivity contribution in [2.75, 3.05) is 6.54 Å². The van der Waals surface area contributed by atoms with Crippen LogP contribution >= 0.6 is 15.9 Å². The average Bonchev–Trinajstić information content (AvgIpc) is 2.47. The first kappa shape index (κ1) is 19.1. The van der Waals surface area contributed by atoms with E-state index >= 15 is 0 Å². The number of hydrogen-bond acceptors (Lipinski definition) is 2. The molecule has 134 valence electrons. The first-order valence-electron chi connectivity index (χ1n) is 7.77. The maximum Gasteiger partial charge on any atom is 0.471 e. The van der Waals surface area contributed by atoms with Crippen molar-refractivity contribution in [3.05, 3.63) is 27.7 Å². The summed E-state index contributed by atoms with van der Waals surface area (Å²) in [5.41, 5.74) is 1.43. The third kappa shape index (κ3) is 3.15. The van der Waals surface area contributed by atoms with Crippen molar-refractivity contribution in [1.82, 2.24) is 4.90 Å². The van der Waals surface area contributed by atoms with Crippen LogP contribution in [-0.2, 0) is 10.2 Å². The normalized spacial score (nSPS) is 28.1. The molecule has 0 spiro atoms. The highest BCUT2D eigenvalue weighted by Gasteiger charge is 2.50. The number of nitrogens with zero attached hydrogens (tertiary/aromatic N) is 1. The van der Waals surface area contributed by atoms with Gasteiger partial charge >= 0.3 is 12.1 Å². The number of piperidine rings is 1. The number of phenolic OH excluding ortho intramolecular Hbond substituents is 1. The van der Waals surface area contributed by atoms with E-state index in [1.807, 2.05) is 20.8 Å². The van der Waals surface area contributed by atoms with Crippen LogP contribution in [0.25, 0.3) is 0 Å². The van der Waals surface area contributed by atoms with Gasteiger partial charge in [-0.1, -0.05) is 13.8 Å². The van der Waals surface area contributed by atoms with Gasteiger partial charge in [-0.3, -0.25) is 4.79 Å². The molecule has 1 saturated heterocycles. The van der Waals surface area contributed by atoms with Crippen molar-refractivity contribution >= 4 is 21.8 Å². The number of halogens is 4. The van der Waals surface area contributed by atoms with Crippen LogP contribution in [0.15, 0.2) is 16.6 Å². The van der Waals surface area contributed by atoms with E-state index in [2.05, 4.69) is 15.9 Å². The predicted molar refractivity (Wildman–Crippen MR) is 88.9 cm³/mol. The fourth-order valence-corrected chi connectivity index (χ4v) is 4.15. The number of carbonyl (C=O) groups excluding carboxylic acids is 1. The Hall–Kier alpha value is -1.24. The Bertz CT molecular complexity index is 662. The summed E-state index contributed by atoms with van der Waals surface area (Å²) in [4.78, 5) is 12.6. The van der Waals surface area contributed by atoms with Crippen LogP contribution in [-0.4, -0.2) is 34.7 Å². The molecule has 1 aliphatic rings. The van der Waals surface area contributed by atoms with E-state index in [0.717, 1.165) is 16.0 Å². The second-order valence-corrected chi connectivity index (χ2v) is 7.67. The SMILES string of the molecule is Cc1cc(Br)c(O)cc1[C@]1(C)CCN(C(=O)C(F)(F)F)[C@H](C)[C@@H]1C. The summed E-state index contributed by atoms with van der Waals surface area (Å²) < 4.78 is 38.9. The van der Waals surface area contributed by atoms with Gasteiger partial charge in [0, 0.05) is 12.6 Å². The number of phenols is 1. The van der Waals surface area contributed by atoms with Crippen molar-refractivity contribution in [1.29, 1.82) is 0 Å². The Morgan fingerprint density at radius 1 is 1.38 bits per heavy atom. The van der Waals surface area contributed by atoms with Crippen LogP contribution < -0.4 is 0 Å². The van der Waals surface area contributed by atoms with Crippen molar-refractivity contribution in [3.63, 3.8) is 0 Å². The van der Waals surface area contributed by atoms with E-state index in [9.17, 15) is 23.1 Å². The maximum absolute atomic E-state index is 12.8. The van der Waals surface area contributed by atoms with Gasteiger partial charge in [0.15, 0.2) is 0 Å². The number of aryl methyl sites for hydroxylation is 1. The van der Waals surface area contributed by atoms with Crippen molar-refractivity contribution in [2.24, 2.45) is 5.92 Å². The Morgan fingerprint density at radius 3 is 2.50 bits per heavy atom. The van der Waals surface area contributed by atoms with Gasteiger partial charge in [-0.25, -0.2) is 0 Å². The quantitative estimate of drug-likeness (QED) is 0.742. The molecule has 1 heterocycles. The second-order valence-electron chi connectivity index (χ2n) is 6.81. The van der Waals surface area contributed by atoms with Gasteiger partial charge in [0.05, 0.1) is 4.47 Å². The Morgan fingerprint density at radius 2 is 1.96 bits per heavy atom. The lowest BCUT2D eigenvalue weighted by Crippen LogP contribution is -2.57. The molecule has 0 unspecified atom stereocenters. The van der Waals surface area contributed by atoms with E-state index in [1.165, 1.54) is 0 Å². The minimum Gasteiger partial charge on any atom is -0.507 e. The van der Waals surface area contributed by atoms with Gasteiger partial charge in [-0.05, 0) is 70.8 Å². The lowest BCUT2D eigenvalue weighted by atomic mass is 9.64. The van der Waals surface area contributed by atoms with E-state index < -0.39 is 23.5 Å². The smallest absolute Gasteiger partial charge is 0.471 e. The van der Waals surface area contributed by atoms with E-state index in [1.54, 1.807) is 19.1 Å². The van der Waals surface area contributed by atoms with Gasteiger partial charge in [-0.15, -0.1) is 0 Å². The van der Waals surface area contributed by atoms with E-state index in [0.29, 0.717) is 10.9 Å². The molecule has 7 heteroatoms. The van der Waals surface area contributed by atoms with Crippen LogP contribution in [0.1, 0.15) is 38.3 Å². The highest BCUT2D eigenvalue weighted by Crippen LogP contribution is 2.46. The summed E-state index contributed by atoms with van der Waals surface area (Å²) in [6.45, 7) is 7.45. The molecular weight excluding hydrogens is 387 g/mol. The maximum atomic E-state index is 12.8. The molecule has 1 N–H and O–H groups in total. The van der Waals surface area contributed by atoms with Gasteiger partial charge in [0.2, 0.25) is 0 Å². The molecular formula is C17H21BrF3NO2. The molecule has 0 aliphatic carbocycles. The summed E-state index contributed by atoms with van der Waals surface area (Å²) in [6, 6.07) is 2.92. The second kappa shape index (κ2) is 6.24. The van der Waals surface area contributed by atoms with E-state index in [4.69, 9.17) is 0 Å². The van der Waals surface area contributed by atoms with Crippen LogP contribution in [0, 0.1) is 12.8 Å². The lowest BCUT2D eigenvalue weighted by Gasteiger charge is -2.50. The molecule has 1 amide bonds. The molecule has 3 nitrogen and oxygen atoms in total. The number of benzene rings is 1. The number of aromatic hydroxyl groups is 1. The molecule has 0 aromatic heterocycles. The molecule has 1 aromatic carbocycles. The number of rotatable bonds is 1. The minimum atomic E-state index is -4.85. The van der Waals surface area contributed by atoms with Crippen LogP contribution in [0.2, 0.25) is 0 Å². The average molecular weight is 408 g/mol. The third-order valence-corrected chi connectivity index (χ3v) is 6.14. The molecule has 1 aromatic rings. The van der Waals surface area contributed by atoms with Crippen molar-refractivity contribution in [3.8, 4) is 5.75 Å². The summed E-state index contributed by atoms with van der Waals surface area (Å²) in [5, 5.41) is 10.0. The molecule has 0 radical (unpaired) electrons. The standard InChI is InChI=1S/C17H21BrF3NO2/c1-9-7-13(18)14(23)8-12(9)16(4)5-6-22(11(3)10(16)2)15(24)17(19,20)21/h7-8,10-11,23H,5-6H2,1-4H3/t10-,11+,16+/m0/s1. The zero-order valence-corrected chi connectivity index (χ0v) is 15.6. The first-order valence-corrected chi connectivity index (χ1v) is 8.56. The molecule has 3 atom stereocenters. The Labute approximate surface area is 148 Å². The summed E-state index contributed by atoms with van der Waals surface area (Å²) >= 11 is 3.27. The first-order chi connectivity index (χ1) is 10.9. The number of likely N-dealkylation sites (tertiary alicyclic amines) is 1. The Balaban J connectivity index is 2.38. The molecule has 1 aliphatic heterocycles. The summed E-state index contributed by atoms with van der Waals surface area (Å²) in [7, 11) is 0. The molecule has 1 fully saturated rings. The largest absolute Gasteiger partial charge is 0.507 e. The highest BCUT2D eigenvalue weighted by molar-refractivity contribution is 9.10. The zero-order chi connectivity index (χ0) is 18.4. The van der Waals surface area contributed by atoms with Gasteiger partial charge in [0.25, 0.3) is 0 Å². The van der Waals surface area contributed by atoms with Gasteiger partial charge in [0.1, 0.15) is 5.75 Å². The van der Waals surface area contributed by atoms with Crippen molar-refractivity contribution in [2.45, 2.75) is 51.7 Å². The molecule has 0 bridgehead atoms. The monoisotopic (exact) mass is 407 g/mol. The topological polar surface area (TPSA) is 40.5 Å². The number of hydrogen-bond donors (Lipinski definition) is 1. The van der Waals surface area contributed by atoms with Crippen LogP contribution in [0.3, 0.4) is 0 Å². The minimum absolute atomic E-state index is 0.0383. The predicted octanol–water partition coefficient (Wildman–Crippen LogP) is 4.54.